The zero-order valence-electron chi connectivity index (χ0n) is 10.0. The van der Waals surface area contributed by atoms with E-state index < -0.39 is 0 Å². The van der Waals surface area contributed by atoms with Crippen LogP contribution in [0.3, 0.4) is 0 Å². The van der Waals surface area contributed by atoms with Gasteiger partial charge < -0.3 is 14.2 Å². The lowest BCUT2D eigenvalue weighted by atomic mass is 10.2. The Kier molecular flexibility index (Phi) is 4.74. The third-order valence-electron chi connectivity index (χ3n) is 2.67. The Morgan fingerprint density at radius 1 is 1.29 bits per heavy atom. The van der Waals surface area contributed by atoms with Gasteiger partial charge in [-0.15, -0.1) is 0 Å². The number of rotatable bonds is 5. The van der Waals surface area contributed by atoms with E-state index >= 15 is 0 Å². The van der Waals surface area contributed by atoms with Crippen molar-refractivity contribution in [2.75, 3.05) is 13.7 Å². The molecule has 0 bridgehead atoms. The maximum atomic E-state index is 5.64. The summed E-state index contributed by atoms with van der Waals surface area (Å²) in [5, 5.41) is 0. The van der Waals surface area contributed by atoms with Crippen LogP contribution in [0.5, 0.6) is 0 Å². The van der Waals surface area contributed by atoms with E-state index in [4.69, 9.17) is 14.2 Å². The van der Waals surface area contributed by atoms with Crippen LogP contribution < -0.4 is 0 Å². The second-order valence-corrected chi connectivity index (χ2v) is 4.03. The molecule has 1 aromatic carbocycles. The molecule has 0 amide bonds. The SMILES string of the molecule is CO[C@H]1C=CC[C@H](COCc2ccccc2)O1. The zero-order valence-corrected chi connectivity index (χ0v) is 10.0. The van der Waals surface area contributed by atoms with Crippen molar-refractivity contribution in [2.24, 2.45) is 0 Å². The van der Waals surface area contributed by atoms with Crippen LogP contribution in [0, 0.1) is 0 Å². The highest BCUT2D eigenvalue weighted by molar-refractivity contribution is 5.13. The molecule has 3 heteroatoms. The molecular weight excluding hydrogens is 216 g/mol. The van der Waals surface area contributed by atoms with Gasteiger partial charge in [-0.25, -0.2) is 0 Å². The van der Waals surface area contributed by atoms with E-state index in [0.717, 1.165) is 6.42 Å². The van der Waals surface area contributed by atoms with Crippen LogP contribution in [0.4, 0.5) is 0 Å². The molecule has 2 rings (SSSR count). The average molecular weight is 234 g/mol. The fourth-order valence-electron chi connectivity index (χ4n) is 1.76. The molecule has 1 heterocycles. The molecule has 1 aromatic rings. The monoisotopic (exact) mass is 234 g/mol. The molecule has 0 fully saturated rings. The second kappa shape index (κ2) is 6.55. The van der Waals surface area contributed by atoms with Crippen LogP contribution in [0.25, 0.3) is 0 Å². The van der Waals surface area contributed by atoms with E-state index in [2.05, 4.69) is 18.2 Å². The van der Waals surface area contributed by atoms with E-state index in [0.29, 0.717) is 13.2 Å². The smallest absolute Gasteiger partial charge is 0.176 e. The van der Waals surface area contributed by atoms with Crippen LogP contribution in [-0.2, 0) is 20.8 Å². The van der Waals surface area contributed by atoms with E-state index in [1.165, 1.54) is 5.56 Å². The molecule has 1 aliphatic rings. The number of benzene rings is 1. The Bertz CT molecular complexity index is 348. The second-order valence-electron chi connectivity index (χ2n) is 4.03. The van der Waals surface area contributed by atoms with Gasteiger partial charge >= 0.3 is 0 Å². The summed E-state index contributed by atoms with van der Waals surface area (Å²) in [6.07, 6.45) is 4.75. The van der Waals surface area contributed by atoms with E-state index in [9.17, 15) is 0 Å². The third kappa shape index (κ3) is 3.97. The van der Waals surface area contributed by atoms with Gasteiger partial charge in [-0.05, 0) is 18.1 Å². The quantitative estimate of drug-likeness (QED) is 0.733. The molecule has 0 radical (unpaired) electrons. The van der Waals surface area contributed by atoms with Crippen molar-refractivity contribution in [2.45, 2.75) is 25.4 Å². The van der Waals surface area contributed by atoms with Gasteiger partial charge in [0.1, 0.15) is 0 Å². The summed E-state index contributed by atoms with van der Waals surface area (Å²) in [5.74, 6) is 0. The first-order valence-corrected chi connectivity index (χ1v) is 5.85. The van der Waals surface area contributed by atoms with Crippen LogP contribution in [-0.4, -0.2) is 26.1 Å². The maximum absolute atomic E-state index is 5.64. The summed E-state index contributed by atoms with van der Waals surface area (Å²) in [5.41, 5.74) is 1.18. The predicted octanol–water partition coefficient (Wildman–Crippen LogP) is 2.52. The normalized spacial score (nSPS) is 23.8. The third-order valence-corrected chi connectivity index (χ3v) is 2.67. The van der Waals surface area contributed by atoms with Crippen molar-refractivity contribution >= 4 is 0 Å². The summed E-state index contributed by atoms with van der Waals surface area (Å²) in [4.78, 5) is 0. The van der Waals surface area contributed by atoms with Gasteiger partial charge in [0, 0.05) is 7.11 Å². The average Bonchev–Trinajstić information content (AvgIpc) is 2.40. The Labute approximate surface area is 102 Å². The van der Waals surface area contributed by atoms with Crippen LogP contribution >= 0.6 is 0 Å². The van der Waals surface area contributed by atoms with Crippen LogP contribution in [0.15, 0.2) is 42.5 Å². The number of hydrogen-bond donors (Lipinski definition) is 0. The van der Waals surface area contributed by atoms with Crippen molar-refractivity contribution in [1.82, 2.24) is 0 Å². The van der Waals surface area contributed by atoms with Crippen molar-refractivity contribution in [3.8, 4) is 0 Å². The fraction of sp³-hybridized carbons (Fsp3) is 0.429. The number of ether oxygens (including phenoxy) is 3. The van der Waals surface area contributed by atoms with Crippen LogP contribution in [0.2, 0.25) is 0 Å². The summed E-state index contributed by atoms with van der Waals surface area (Å²) in [6.45, 7) is 1.22. The lowest BCUT2D eigenvalue weighted by Gasteiger charge is -2.24. The van der Waals surface area contributed by atoms with Gasteiger partial charge in [0.05, 0.1) is 19.3 Å². The molecule has 0 saturated heterocycles. The minimum Gasteiger partial charge on any atom is -0.374 e. The maximum Gasteiger partial charge on any atom is 0.176 e. The highest BCUT2D eigenvalue weighted by Crippen LogP contribution is 2.13. The van der Waals surface area contributed by atoms with Gasteiger partial charge in [0.15, 0.2) is 6.29 Å². The minimum atomic E-state index is -0.228. The molecule has 1 aliphatic heterocycles. The van der Waals surface area contributed by atoms with E-state index in [1.807, 2.05) is 24.3 Å². The topological polar surface area (TPSA) is 27.7 Å². The van der Waals surface area contributed by atoms with Gasteiger partial charge in [-0.3, -0.25) is 0 Å². The van der Waals surface area contributed by atoms with E-state index in [-0.39, 0.29) is 12.4 Å². The number of hydrogen-bond acceptors (Lipinski definition) is 3. The molecule has 0 unspecified atom stereocenters. The largest absolute Gasteiger partial charge is 0.374 e. The summed E-state index contributed by atoms with van der Waals surface area (Å²) >= 11 is 0. The lowest BCUT2D eigenvalue weighted by molar-refractivity contribution is -0.149. The Balaban J connectivity index is 1.71. The minimum absolute atomic E-state index is 0.0914. The standard InChI is InChI=1S/C14H18O3/c1-15-14-9-5-8-13(17-14)11-16-10-12-6-3-2-4-7-12/h2-7,9,13-14H,8,10-11H2,1H3/t13-,14-/m1/s1. The van der Waals surface area contributed by atoms with Crippen molar-refractivity contribution in [3.63, 3.8) is 0 Å². The summed E-state index contributed by atoms with van der Waals surface area (Å²) in [7, 11) is 1.64. The van der Waals surface area contributed by atoms with Crippen molar-refractivity contribution < 1.29 is 14.2 Å². The molecule has 0 aromatic heterocycles. The fourth-order valence-corrected chi connectivity index (χ4v) is 1.76. The van der Waals surface area contributed by atoms with Crippen LogP contribution in [0.1, 0.15) is 12.0 Å². The molecule has 92 valence electrons. The predicted molar refractivity (Wildman–Crippen MR) is 65.5 cm³/mol. The molecule has 0 aliphatic carbocycles. The Morgan fingerprint density at radius 3 is 2.88 bits per heavy atom. The van der Waals surface area contributed by atoms with Gasteiger partial charge in [-0.2, -0.15) is 0 Å². The van der Waals surface area contributed by atoms with Gasteiger partial charge in [-0.1, -0.05) is 36.4 Å². The molecule has 0 N–H and O–H groups in total. The van der Waals surface area contributed by atoms with Crippen molar-refractivity contribution in [1.29, 1.82) is 0 Å². The highest BCUT2D eigenvalue weighted by Gasteiger charge is 2.17. The molecule has 17 heavy (non-hydrogen) atoms. The zero-order chi connectivity index (χ0) is 11.9. The molecular formula is C14H18O3. The van der Waals surface area contributed by atoms with Gasteiger partial charge in [0.25, 0.3) is 0 Å². The van der Waals surface area contributed by atoms with E-state index in [1.54, 1.807) is 7.11 Å². The lowest BCUT2D eigenvalue weighted by Crippen LogP contribution is -2.29. The molecule has 0 saturated carbocycles. The Morgan fingerprint density at radius 2 is 2.12 bits per heavy atom. The molecule has 0 spiro atoms. The van der Waals surface area contributed by atoms with Crippen molar-refractivity contribution in [3.05, 3.63) is 48.0 Å². The summed E-state index contributed by atoms with van der Waals surface area (Å²) < 4.78 is 16.4. The first kappa shape index (κ1) is 12.3. The highest BCUT2D eigenvalue weighted by atomic mass is 16.7. The molecule has 3 nitrogen and oxygen atoms in total. The summed E-state index contributed by atoms with van der Waals surface area (Å²) in [6, 6.07) is 10.1. The first-order valence-electron chi connectivity index (χ1n) is 5.85. The first-order chi connectivity index (χ1) is 8.38. The molecule has 2 atom stereocenters. The van der Waals surface area contributed by atoms with Gasteiger partial charge in [0.2, 0.25) is 0 Å². The number of methoxy groups -OCH3 is 1. The Hall–Kier alpha value is -1.16.